The second-order valence-electron chi connectivity index (χ2n) is 6.66. The number of benzene rings is 1. The summed E-state index contributed by atoms with van der Waals surface area (Å²) in [6.07, 6.45) is 4.70. The first-order chi connectivity index (χ1) is 11.7. The van der Waals surface area contributed by atoms with Crippen molar-refractivity contribution in [2.75, 3.05) is 25.5 Å². The molecule has 3 nitrogen and oxygen atoms in total. The van der Waals surface area contributed by atoms with Crippen LogP contribution >= 0.6 is 11.3 Å². The van der Waals surface area contributed by atoms with Crippen LogP contribution in [0.15, 0.2) is 48.5 Å². The summed E-state index contributed by atoms with van der Waals surface area (Å²) in [6, 6.07) is 10.7. The zero-order chi connectivity index (χ0) is 16.5. The average molecular weight is 337 g/mol. The van der Waals surface area contributed by atoms with Gasteiger partial charge >= 0.3 is 0 Å². The average Bonchev–Trinajstić information content (AvgIpc) is 3.25. The van der Waals surface area contributed by atoms with Crippen molar-refractivity contribution in [2.24, 2.45) is 0 Å². The number of aromatic amines is 1. The standard InChI is InChI=1S/C20H23N3S/c1-14(20-4-3-11-24-20)22-16-5-6-17-18(13-21-19(17)12-16)15-7-9-23(2)10-8-15/h3-6,11-13,15,21-22H,1,7-10H2,2H3. The molecular formula is C20H23N3S. The number of nitrogens with one attached hydrogen (secondary N) is 2. The fourth-order valence-corrected chi connectivity index (χ4v) is 4.22. The zero-order valence-corrected chi connectivity index (χ0v) is 14.8. The van der Waals surface area contributed by atoms with Crippen LogP contribution in [0.1, 0.15) is 29.2 Å². The molecule has 0 atom stereocenters. The Balaban J connectivity index is 1.55. The summed E-state index contributed by atoms with van der Waals surface area (Å²) in [7, 11) is 2.21. The van der Waals surface area contributed by atoms with E-state index >= 15 is 0 Å². The minimum atomic E-state index is 0.676. The molecule has 4 rings (SSSR count). The minimum absolute atomic E-state index is 0.676. The van der Waals surface area contributed by atoms with Crippen LogP contribution in [-0.2, 0) is 0 Å². The monoisotopic (exact) mass is 337 g/mol. The molecule has 0 unspecified atom stereocenters. The Labute approximate surface area is 147 Å². The zero-order valence-electron chi connectivity index (χ0n) is 14.0. The van der Waals surface area contributed by atoms with Crippen molar-refractivity contribution >= 4 is 33.6 Å². The molecule has 1 fully saturated rings. The van der Waals surface area contributed by atoms with Gasteiger partial charge in [0.1, 0.15) is 0 Å². The number of rotatable bonds is 4. The van der Waals surface area contributed by atoms with Gasteiger partial charge in [-0.1, -0.05) is 18.7 Å². The van der Waals surface area contributed by atoms with Gasteiger partial charge in [-0.3, -0.25) is 0 Å². The number of piperidine rings is 1. The van der Waals surface area contributed by atoms with Crippen LogP contribution in [0.4, 0.5) is 5.69 Å². The third kappa shape index (κ3) is 2.99. The van der Waals surface area contributed by atoms with Gasteiger partial charge in [-0.2, -0.15) is 0 Å². The second kappa shape index (κ2) is 6.46. The molecule has 1 aliphatic heterocycles. The highest BCUT2D eigenvalue weighted by molar-refractivity contribution is 7.11. The Morgan fingerprint density at radius 2 is 2.12 bits per heavy atom. The Bertz CT molecular complexity index is 839. The van der Waals surface area contributed by atoms with E-state index < -0.39 is 0 Å². The van der Waals surface area contributed by atoms with E-state index in [0.717, 1.165) is 11.4 Å². The fraction of sp³-hybridized carbons (Fsp3) is 0.300. The van der Waals surface area contributed by atoms with Gasteiger partial charge < -0.3 is 15.2 Å². The van der Waals surface area contributed by atoms with Crippen LogP contribution in [0.5, 0.6) is 0 Å². The molecule has 0 amide bonds. The minimum Gasteiger partial charge on any atom is -0.361 e. The lowest BCUT2D eigenvalue weighted by Crippen LogP contribution is -2.29. The fourth-order valence-electron chi connectivity index (χ4n) is 3.57. The Morgan fingerprint density at radius 3 is 2.88 bits per heavy atom. The van der Waals surface area contributed by atoms with E-state index in [0.29, 0.717) is 5.92 Å². The first-order valence-corrected chi connectivity index (χ1v) is 9.38. The molecule has 24 heavy (non-hydrogen) atoms. The molecule has 1 aliphatic rings. The molecule has 4 heteroatoms. The first-order valence-electron chi connectivity index (χ1n) is 8.50. The van der Waals surface area contributed by atoms with Gasteiger partial charge in [0.2, 0.25) is 0 Å². The third-order valence-electron chi connectivity index (χ3n) is 4.99. The van der Waals surface area contributed by atoms with Gasteiger partial charge in [-0.25, -0.2) is 0 Å². The number of H-pyrrole nitrogens is 1. The normalized spacial score (nSPS) is 16.5. The molecule has 1 saturated heterocycles. The maximum Gasteiger partial charge on any atom is 0.0499 e. The van der Waals surface area contributed by atoms with Crippen molar-refractivity contribution in [3.8, 4) is 0 Å². The van der Waals surface area contributed by atoms with E-state index in [4.69, 9.17) is 0 Å². The number of likely N-dealkylation sites (tertiary alicyclic amines) is 1. The predicted octanol–water partition coefficient (Wildman–Crippen LogP) is 5.12. The summed E-state index contributed by atoms with van der Waals surface area (Å²) in [5.41, 5.74) is 4.71. The van der Waals surface area contributed by atoms with E-state index in [1.54, 1.807) is 11.3 Å². The number of nitrogens with zero attached hydrogens (tertiary/aromatic N) is 1. The topological polar surface area (TPSA) is 31.1 Å². The summed E-state index contributed by atoms with van der Waals surface area (Å²) in [5, 5.41) is 6.85. The molecule has 124 valence electrons. The Morgan fingerprint density at radius 1 is 1.29 bits per heavy atom. The van der Waals surface area contributed by atoms with E-state index in [2.05, 4.69) is 70.7 Å². The highest BCUT2D eigenvalue weighted by Crippen LogP contribution is 2.34. The molecule has 3 aromatic rings. The number of anilines is 1. The molecular weight excluding hydrogens is 314 g/mol. The van der Waals surface area contributed by atoms with Crippen molar-refractivity contribution in [1.29, 1.82) is 0 Å². The van der Waals surface area contributed by atoms with Gasteiger partial charge in [0.25, 0.3) is 0 Å². The van der Waals surface area contributed by atoms with Crippen molar-refractivity contribution in [2.45, 2.75) is 18.8 Å². The van der Waals surface area contributed by atoms with E-state index in [1.165, 1.54) is 47.3 Å². The van der Waals surface area contributed by atoms with Crippen LogP contribution in [-0.4, -0.2) is 30.0 Å². The molecule has 2 aromatic heterocycles. The number of aromatic nitrogens is 1. The van der Waals surface area contributed by atoms with Gasteiger partial charge in [-0.15, -0.1) is 11.3 Å². The largest absolute Gasteiger partial charge is 0.361 e. The molecule has 0 radical (unpaired) electrons. The van der Waals surface area contributed by atoms with E-state index in [1.807, 2.05) is 0 Å². The van der Waals surface area contributed by atoms with Crippen LogP contribution < -0.4 is 5.32 Å². The smallest absolute Gasteiger partial charge is 0.0499 e. The highest BCUT2D eigenvalue weighted by atomic mass is 32.1. The molecule has 0 saturated carbocycles. The van der Waals surface area contributed by atoms with Gasteiger partial charge in [0.05, 0.1) is 0 Å². The molecule has 3 heterocycles. The van der Waals surface area contributed by atoms with E-state index in [-0.39, 0.29) is 0 Å². The van der Waals surface area contributed by atoms with Crippen molar-refractivity contribution in [1.82, 2.24) is 9.88 Å². The van der Waals surface area contributed by atoms with Crippen LogP contribution in [0.2, 0.25) is 0 Å². The van der Waals surface area contributed by atoms with Crippen LogP contribution in [0, 0.1) is 0 Å². The molecule has 0 spiro atoms. The van der Waals surface area contributed by atoms with Gasteiger partial charge in [0, 0.05) is 33.4 Å². The predicted molar refractivity (Wildman–Crippen MR) is 105 cm³/mol. The summed E-state index contributed by atoms with van der Waals surface area (Å²) in [4.78, 5) is 7.06. The number of hydrogen-bond acceptors (Lipinski definition) is 3. The van der Waals surface area contributed by atoms with Crippen LogP contribution in [0.3, 0.4) is 0 Å². The lowest BCUT2D eigenvalue weighted by molar-refractivity contribution is 0.256. The maximum absolute atomic E-state index is 4.14. The summed E-state index contributed by atoms with van der Waals surface area (Å²) in [5.74, 6) is 0.676. The van der Waals surface area contributed by atoms with E-state index in [9.17, 15) is 0 Å². The lowest BCUT2D eigenvalue weighted by Gasteiger charge is -2.28. The molecule has 1 aromatic carbocycles. The number of fused-ring (bicyclic) bond motifs is 1. The summed E-state index contributed by atoms with van der Waals surface area (Å²) < 4.78 is 0. The lowest BCUT2D eigenvalue weighted by atomic mass is 9.89. The Kier molecular flexibility index (Phi) is 4.17. The number of thiophene rings is 1. The van der Waals surface area contributed by atoms with Crippen molar-refractivity contribution in [3.05, 3.63) is 58.9 Å². The van der Waals surface area contributed by atoms with Gasteiger partial charge in [0.15, 0.2) is 0 Å². The first kappa shape index (κ1) is 15.5. The second-order valence-corrected chi connectivity index (χ2v) is 7.61. The van der Waals surface area contributed by atoms with Crippen molar-refractivity contribution < 1.29 is 0 Å². The maximum atomic E-state index is 4.14. The SMILES string of the molecule is C=C(Nc1ccc2c(C3CCN(C)CC3)c[nH]c2c1)c1cccs1. The number of hydrogen-bond donors (Lipinski definition) is 2. The quantitative estimate of drug-likeness (QED) is 0.692. The van der Waals surface area contributed by atoms with Crippen LogP contribution in [0.25, 0.3) is 16.6 Å². The van der Waals surface area contributed by atoms with Gasteiger partial charge in [-0.05, 0) is 68.0 Å². The molecule has 2 N–H and O–H groups in total. The summed E-state index contributed by atoms with van der Waals surface area (Å²) >= 11 is 1.70. The third-order valence-corrected chi connectivity index (χ3v) is 5.92. The highest BCUT2D eigenvalue weighted by Gasteiger charge is 2.21. The Hall–Kier alpha value is -2.04. The molecule has 0 aliphatic carbocycles. The molecule has 0 bridgehead atoms. The summed E-state index contributed by atoms with van der Waals surface area (Å²) in [6.45, 7) is 6.53. The van der Waals surface area contributed by atoms with Crippen molar-refractivity contribution in [3.63, 3.8) is 0 Å².